The molecular weight excluding hydrogens is 312 g/mol. The summed E-state index contributed by atoms with van der Waals surface area (Å²) in [7, 11) is 0. The van der Waals surface area contributed by atoms with Crippen LogP contribution in [0.25, 0.3) is 0 Å². The molecule has 0 spiro atoms. The Morgan fingerprint density at radius 2 is 1.92 bits per heavy atom. The van der Waals surface area contributed by atoms with Crippen LogP contribution in [0.1, 0.15) is 49.2 Å². The number of aromatic nitrogens is 2. The van der Waals surface area contributed by atoms with Gasteiger partial charge in [-0.3, -0.25) is 4.79 Å². The monoisotopic (exact) mass is 338 g/mol. The van der Waals surface area contributed by atoms with Gasteiger partial charge in [0.25, 0.3) is 5.91 Å². The van der Waals surface area contributed by atoms with Gasteiger partial charge < -0.3 is 9.80 Å². The van der Waals surface area contributed by atoms with Crippen molar-refractivity contribution in [3.63, 3.8) is 0 Å². The molecule has 5 nitrogen and oxygen atoms in total. The summed E-state index contributed by atoms with van der Waals surface area (Å²) in [5.41, 5.74) is 3.00. The molecule has 0 fully saturated rings. The molecule has 1 amide bonds. The molecule has 0 unspecified atom stereocenters. The van der Waals surface area contributed by atoms with Crippen molar-refractivity contribution in [2.75, 3.05) is 24.5 Å². The fourth-order valence-corrected chi connectivity index (χ4v) is 3.40. The van der Waals surface area contributed by atoms with E-state index in [0.717, 1.165) is 51.1 Å². The Hall–Kier alpha value is -2.43. The summed E-state index contributed by atoms with van der Waals surface area (Å²) in [6.07, 6.45) is 5.58. The lowest BCUT2D eigenvalue weighted by atomic mass is 10.0. The zero-order chi connectivity index (χ0) is 17.6. The highest BCUT2D eigenvalue weighted by molar-refractivity contribution is 5.93. The van der Waals surface area contributed by atoms with E-state index in [2.05, 4.69) is 53.0 Å². The summed E-state index contributed by atoms with van der Waals surface area (Å²) in [5.74, 6) is 0.802. The predicted molar refractivity (Wildman–Crippen MR) is 100 cm³/mol. The van der Waals surface area contributed by atoms with Crippen LogP contribution in [-0.4, -0.2) is 40.4 Å². The van der Waals surface area contributed by atoms with Crippen molar-refractivity contribution in [3.8, 4) is 0 Å². The van der Waals surface area contributed by atoms with Gasteiger partial charge in [0.2, 0.25) is 0 Å². The van der Waals surface area contributed by atoms with Crippen molar-refractivity contribution in [1.82, 2.24) is 14.9 Å². The lowest BCUT2D eigenvalue weighted by Crippen LogP contribution is -2.33. The molecule has 1 aromatic heterocycles. The Kier molecular flexibility index (Phi) is 5.64. The Morgan fingerprint density at radius 3 is 2.68 bits per heavy atom. The lowest BCUT2D eigenvalue weighted by molar-refractivity contribution is 0.0749. The number of nitrogens with zero attached hydrogens (tertiary/aromatic N) is 4. The molecule has 1 aliphatic heterocycles. The molecule has 3 rings (SSSR count). The molecular formula is C20H26N4O. The number of benzene rings is 1. The maximum absolute atomic E-state index is 12.8. The van der Waals surface area contributed by atoms with Gasteiger partial charge in [-0.15, -0.1) is 0 Å². The van der Waals surface area contributed by atoms with Crippen molar-refractivity contribution >= 4 is 17.4 Å². The van der Waals surface area contributed by atoms with Gasteiger partial charge in [0, 0.05) is 31.4 Å². The number of fused-ring (bicyclic) bond motifs is 1. The SMILES string of the molecule is CCCN(CCC)C(=O)c1cc(N2CCCc3ccccc32)ncn1. The second-order valence-corrected chi connectivity index (χ2v) is 6.44. The Bertz CT molecular complexity index is 725. The topological polar surface area (TPSA) is 49.3 Å². The zero-order valence-corrected chi connectivity index (χ0v) is 15.1. The third kappa shape index (κ3) is 3.81. The van der Waals surface area contributed by atoms with E-state index in [-0.39, 0.29) is 5.91 Å². The van der Waals surface area contributed by atoms with Crippen LogP contribution in [0.4, 0.5) is 11.5 Å². The van der Waals surface area contributed by atoms with Crippen molar-refractivity contribution in [2.24, 2.45) is 0 Å². The normalized spacial score (nSPS) is 13.4. The summed E-state index contributed by atoms with van der Waals surface area (Å²) >= 11 is 0. The fourth-order valence-electron chi connectivity index (χ4n) is 3.40. The van der Waals surface area contributed by atoms with Crippen LogP contribution in [0.5, 0.6) is 0 Å². The van der Waals surface area contributed by atoms with E-state index in [1.165, 1.54) is 17.6 Å². The van der Waals surface area contributed by atoms with Gasteiger partial charge in [-0.25, -0.2) is 9.97 Å². The van der Waals surface area contributed by atoms with Crippen LogP contribution < -0.4 is 4.90 Å². The first kappa shape index (κ1) is 17.4. The molecule has 0 saturated carbocycles. The van der Waals surface area contributed by atoms with Gasteiger partial charge >= 0.3 is 0 Å². The Morgan fingerprint density at radius 1 is 1.16 bits per heavy atom. The number of carbonyl (C=O) groups excluding carboxylic acids is 1. The average Bonchev–Trinajstić information content (AvgIpc) is 2.67. The molecule has 0 saturated heterocycles. The molecule has 25 heavy (non-hydrogen) atoms. The van der Waals surface area contributed by atoms with Crippen molar-refractivity contribution in [1.29, 1.82) is 0 Å². The summed E-state index contributed by atoms with van der Waals surface area (Å²) in [4.78, 5) is 25.6. The molecule has 0 bridgehead atoms. The third-order valence-electron chi connectivity index (χ3n) is 4.53. The van der Waals surface area contributed by atoms with Crippen LogP contribution in [-0.2, 0) is 6.42 Å². The van der Waals surface area contributed by atoms with E-state index in [4.69, 9.17) is 0 Å². The number of hydrogen-bond donors (Lipinski definition) is 0. The smallest absolute Gasteiger partial charge is 0.272 e. The lowest BCUT2D eigenvalue weighted by Gasteiger charge is -2.30. The summed E-state index contributed by atoms with van der Waals surface area (Å²) in [6.45, 7) is 6.62. The van der Waals surface area contributed by atoms with Gasteiger partial charge in [0.05, 0.1) is 0 Å². The number of anilines is 2. The highest BCUT2D eigenvalue weighted by Crippen LogP contribution is 2.32. The van der Waals surface area contributed by atoms with E-state index >= 15 is 0 Å². The van der Waals surface area contributed by atoms with Crippen LogP contribution in [0.2, 0.25) is 0 Å². The molecule has 2 aromatic rings. The molecule has 1 aromatic carbocycles. The van der Waals surface area contributed by atoms with E-state index < -0.39 is 0 Å². The van der Waals surface area contributed by atoms with E-state index in [1.54, 1.807) is 0 Å². The molecule has 5 heteroatoms. The minimum atomic E-state index is -0.00218. The highest BCUT2D eigenvalue weighted by Gasteiger charge is 2.21. The first-order chi connectivity index (χ1) is 12.2. The first-order valence-electron chi connectivity index (χ1n) is 9.21. The number of carbonyl (C=O) groups is 1. The van der Waals surface area contributed by atoms with E-state index in [1.807, 2.05) is 11.0 Å². The number of amides is 1. The van der Waals surface area contributed by atoms with Crippen LogP contribution >= 0.6 is 0 Å². The molecule has 1 aliphatic rings. The molecule has 0 atom stereocenters. The molecule has 2 heterocycles. The second kappa shape index (κ2) is 8.10. The van der Waals surface area contributed by atoms with E-state index in [0.29, 0.717) is 5.69 Å². The van der Waals surface area contributed by atoms with Crippen LogP contribution in [0.15, 0.2) is 36.7 Å². The van der Waals surface area contributed by atoms with Crippen molar-refractivity contribution in [2.45, 2.75) is 39.5 Å². The Labute approximate surface area is 149 Å². The number of hydrogen-bond acceptors (Lipinski definition) is 4. The Balaban J connectivity index is 1.88. The van der Waals surface area contributed by atoms with Gasteiger partial charge in [0.1, 0.15) is 17.8 Å². The summed E-state index contributed by atoms with van der Waals surface area (Å²) in [5, 5.41) is 0. The van der Waals surface area contributed by atoms with E-state index in [9.17, 15) is 4.79 Å². The minimum absolute atomic E-state index is 0.00218. The van der Waals surface area contributed by atoms with Gasteiger partial charge in [-0.2, -0.15) is 0 Å². The molecule has 0 aliphatic carbocycles. The number of para-hydroxylation sites is 1. The van der Waals surface area contributed by atoms with Crippen molar-refractivity contribution < 1.29 is 4.79 Å². The number of aryl methyl sites for hydroxylation is 1. The van der Waals surface area contributed by atoms with Crippen molar-refractivity contribution in [3.05, 3.63) is 47.9 Å². The standard InChI is InChI=1S/C20H26N4O/c1-3-11-23(12-4-2)20(25)17-14-19(22-15-21-17)24-13-7-9-16-8-5-6-10-18(16)24/h5-6,8,10,14-15H,3-4,7,9,11-13H2,1-2H3. The maximum Gasteiger partial charge on any atom is 0.272 e. The fraction of sp³-hybridized carbons (Fsp3) is 0.450. The average molecular weight is 338 g/mol. The minimum Gasteiger partial charge on any atom is -0.337 e. The summed E-state index contributed by atoms with van der Waals surface area (Å²) in [6, 6.07) is 10.2. The first-order valence-corrected chi connectivity index (χ1v) is 9.21. The largest absolute Gasteiger partial charge is 0.337 e. The predicted octanol–water partition coefficient (Wildman–Crippen LogP) is 3.82. The van der Waals surface area contributed by atoms with Gasteiger partial charge in [0.15, 0.2) is 0 Å². The van der Waals surface area contributed by atoms with Gasteiger partial charge in [-0.1, -0.05) is 32.0 Å². The zero-order valence-electron chi connectivity index (χ0n) is 15.1. The molecule has 132 valence electrons. The summed E-state index contributed by atoms with van der Waals surface area (Å²) < 4.78 is 0. The maximum atomic E-state index is 12.8. The third-order valence-corrected chi connectivity index (χ3v) is 4.53. The van der Waals surface area contributed by atoms with Crippen LogP contribution in [0, 0.1) is 0 Å². The quantitative estimate of drug-likeness (QED) is 0.803. The van der Waals surface area contributed by atoms with Gasteiger partial charge in [-0.05, 0) is 37.3 Å². The second-order valence-electron chi connectivity index (χ2n) is 6.44. The molecule has 0 N–H and O–H groups in total. The molecule has 0 radical (unpaired) electrons. The highest BCUT2D eigenvalue weighted by atomic mass is 16.2. The number of rotatable bonds is 6. The van der Waals surface area contributed by atoms with Crippen LogP contribution in [0.3, 0.4) is 0 Å².